The van der Waals surface area contributed by atoms with Gasteiger partial charge in [0.2, 0.25) is 6.29 Å². The second kappa shape index (κ2) is 3.77. The Labute approximate surface area is 42.3 Å². The number of nitrogens with one attached hydrogen (secondary N) is 1. The Kier molecular flexibility index (Phi) is 3.55. The zero-order chi connectivity index (χ0) is 5.70. The molecule has 2 N–H and O–H groups in total. The van der Waals surface area contributed by atoms with Gasteiger partial charge in [0, 0.05) is 0 Å². The van der Waals surface area contributed by atoms with Gasteiger partial charge in [0.15, 0.2) is 0 Å². The van der Waals surface area contributed by atoms with Crippen LogP contribution in [0, 0.1) is 0 Å². The summed E-state index contributed by atoms with van der Waals surface area (Å²) in [6.07, 6.45) is 1.59. The van der Waals surface area contributed by atoms with Crippen LogP contribution in [0.5, 0.6) is 0 Å². The maximum Gasteiger partial charge on any atom is 0.219 e. The minimum absolute atomic E-state index is 0.181. The average molecular weight is 102 g/mol. The highest BCUT2D eigenvalue weighted by Crippen LogP contribution is 1.67. The van der Waals surface area contributed by atoms with E-state index in [-0.39, 0.29) is 6.61 Å². The van der Waals surface area contributed by atoms with E-state index < -0.39 is 6.04 Å². The van der Waals surface area contributed by atoms with E-state index in [1.54, 1.807) is 13.3 Å². The molecule has 1 radical (unpaired) electrons. The van der Waals surface area contributed by atoms with Crippen LogP contribution in [0.2, 0.25) is 0 Å². The Morgan fingerprint density at radius 2 is 2.57 bits per heavy atom. The van der Waals surface area contributed by atoms with E-state index in [4.69, 9.17) is 5.11 Å². The smallest absolute Gasteiger partial charge is 0.219 e. The predicted octanol–water partition coefficient (Wildman–Crippen LogP) is -1.32. The minimum Gasteiger partial charge on any atom is -0.394 e. The van der Waals surface area contributed by atoms with Crippen LogP contribution in [-0.4, -0.2) is 31.1 Å². The highest BCUT2D eigenvalue weighted by molar-refractivity contribution is 5.58. The van der Waals surface area contributed by atoms with Crippen molar-refractivity contribution in [1.29, 1.82) is 0 Å². The van der Waals surface area contributed by atoms with Crippen LogP contribution in [0.3, 0.4) is 0 Å². The number of hydrogen-bond acceptors (Lipinski definition) is 3. The fourth-order valence-electron chi connectivity index (χ4n) is 0.187. The molecule has 3 heteroatoms. The molecule has 0 spiro atoms. The van der Waals surface area contributed by atoms with E-state index in [2.05, 4.69) is 5.32 Å². The molecule has 0 fully saturated rings. The molecule has 1 atom stereocenters. The lowest BCUT2D eigenvalue weighted by molar-refractivity contribution is 0.274. The second-order valence-electron chi connectivity index (χ2n) is 1.14. The van der Waals surface area contributed by atoms with Gasteiger partial charge in [0.05, 0.1) is 12.6 Å². The van der Waals surface area contributed by atoms with Crippen molar-refractivity contribution < 1.29 is 9.90 Å². The van der Waals surface area contributed by atoms with Gasteiger partial charge < -0.3 is 10.4 Å². The van der Waals surface area contributed by atoms with Crippen molar-refractivity contribution in [3.8, 4) is 0 Å². The summed E-state index contributed by atoms with van der Waals surface area (Å²) in [7, 11) is 1.59. The van der Waals surface area contributed by atoms with Crippen molar-refractivity contribution in [1.82, 2.24) is 5.32 Å². The number of carbonyl (C=O) groups excluding carboxylic acids is 1. The molecule has 0 saturated heterocycles. The second-order valence-corrected chi connectivity index (χ2v) is 1.14. The minimum atomic E-state index is -0.514. The van der Waals surface area contributed by atoms with Crippen molar-refractivity contribution in [3.63, 3.8) is 0 Å². The van der Waals surface area contributed by atoms with Gasteiger partial charge in [-0.2, -0.15) is 0 Å². The lowest BCUT2D eigenvalue weighted by Crippen LogP contribution is -2.29. The Bertz CT molecular complexity index is 51.7. The van der Waals surface area contributed by atoms with E-state index in [0.29, 0.717) is 0 Å². The summed E-state index contributed by atoms with van der Waals surface area (Å²) >= 11 is 0. The zero-order valence-electron chi connectivity index (χ0n) is 4.14. The van der Waals surface area contributed by atoms with Crippen LogP contribution in [0.4, 0.5) is 0 Å². The maximum atomic E-state index is 9.62. The average Bonchev–Trinajstić information content (AvgIpc) is 1.72. The third kappa shape index (κ3) is 2.31. The Hall–Kier alpha value is -0.410. The molecule has 0 amide bonds. The lowest BCUT2D eigenvalue weighted by atomic mass is 10.4. The molecule has 0 aliphatic rings. The summed E-state index contributed by atoms with van der Waals surface area (Å²) in [6, 6.07) is -0.514. The van der Waals surface area contributed by atoms with Crippen LogP contribution in [0.1, 0.15) is 0 Å². The molecule has 3 nitrogen and oxygen atoms in total. The first-order valence-corrected chi connectivity index (χ1v) is 2.01. The number of likely N-dealkylation sites (N-methyl/N-ethyl adjacent to an activating group) is 1. The van der Waals surface area contributed by atoms with Gasteiger partial charge in [-0.15, -0.1) is 0 Å². The molecule has 0 aromatic heterocycles. The van der Waals surface area contributed by atoms with Crippen molar-refractivity contribution in [2.75, 3.05) is 13.7 Å². The van der Waals surface area contributed by atoms with Gasteiger partial charge in [-0.25, -0.2) is 0 Å². The molecule has 0 aromatic carbocycles. The number of aliphatic hydroxyl groups excluding tert-OH is 1. The van der Waals surface area contributed by atoms with Crippen molar-refractivity contribution >= 4 is 6.29 Å². The largest absolute Gasteiger partial charge is 0.394 e. The SMILES string of the molecule is CN[C@@H]([C]=O)CO. The van der Waals surface area contributed by atoms with E-state index in [0.717, 1.165) is 0 Å². The highest BCUT2D eigenvalue weighted by Gasteiger charge is 1.98. The van der Waals surface area contributed by atoms with Crippen molar-refractivity contribution in [2.24, 2.45) is 0 Å². The van der Waals surface area contributed by atoms with Crippen LogP contribution < -0.4 is 5.32 Å². The van der Waals surface area contributed by atoms with Crippen molar-refractivity contribution in [3.05, 3.63) is 0 Å². The monoisotopic (exact) mass is 102 g/mol. The molecule has 0 aromatic rings. The normalized spacial score (nSPS) is 13.4. The Morgan fingerprint density at radius 3 is 2.57 bits per heavy atom. The number of rotatable bonds is 3. The summed E-state index contributed by atoms with van der Waals surface area (Å²) < 4.78 is 0. The molecule has 0 heterocycles. The maximum absolute atomic E-state index is 9.62. The van der Waals surface area contributed by atoms with Crippen LogP contribution >= 0.6 is 0 Å². The van der Waals surface area contributed by atoms with E-state index in [1.807, 2.05) is 0 Å². The molecular weight excluding hydrogens is 94.0 g/mol. The molecule has 7 heavy (non-hydrogen) atoms. The van der Waals surface area contributed by atoms with Gasteiger partial charge in [-0.05, 0) is 7.05 Å². The zero-order valence-corrected chi connectivity index (χ0v) is 4.14. The number of hydrogen-bond donors (Lipinski definition) is 2. The Morgan fingerprint density at radius 1 is 2.00 bits per heavy atom. The fourth-order valence-corrected chi connectivity index (χ4v) is 0.187. The Balaban J connectivity index is 3.16. The van der Waals surface area contributed by atoms with Crippen LogP contribution in [-0.2, 0) is 4.79 Å². The predicted molar refractivity (Wildman–Crippen MR) is 25.6 cm³/mol. The number of aliphatic hydroxyl groups is 1. The quantitative estimate of drug-likeness (QED) is 0.464. The molecule has 0 aliphatic carbocycles. The fraction of sp³-hybridized carbons (Fsp3) is 0.750. The topological polar surface area (TPSA) is 49.3 Å². The summed E-state index contributed by atoms with van der Waals surface area (Å²) in [4.78, 5) is 9.62. The molecule has 0 rings (SSSR count). The summed E-state index contributed by atoms with van der Waals surface area (Å²) in [6.45, 7) is -0.181. The van der Waals surface area contributed by atoms with E-state index in [9.17, 15) is 4.79 Å². The van der Waals surface area contributed by atoms with Gasteiger partial charge in [0.25, 0.3) is 0 Å². The molecule has 0 unspecified atom stereocenters. The first-order valence-electron chi connectivity index (χ1n) is 2.01. The van der Waals surface area contributed by atoms with Crippen LogP contribution in [0.15, 0.2) is 0 Å². The third-order valence-corrected chi connectivity index (χ3v) is 0.673. The standard InChI is InChI=1S/C4H8NO2/c1-5-4(2-6)3-7/h4-6H,2H2,1H3/t4-/m1/s1. The lowest BCUT2D eigenvalue weighted by Gasteiger charge is -1.98. The first-order chi connectivity index (χ1) is 3.35. The summed E-state index contributed by atoms with van der Waals surface area (Å²) in [5, 5.41) is 10.7. The van der Waals surface area contributed by atoms with Crippen molar-refractivity contribution in [2.45, 2.75) is 6.04 Å². The molecule has 0 saturated carbocycles. The van der Waals surface area contributed by atoms with Gasteiger partial charge in [-0.1, -0.05) is 0 Å². The molecule has 41 valence electrons. The molecular formula is C4H8NO2. The van der Waals surface area contributed by atoms with E-state index in [1.165, 1.54) is 0 Å². The molecule has 0 aliphatic heterocycles. The highest BCUT2D eigenvalue weighted by atomic mass is 16.3. The van der Waals surface area contributed by atoms with Gasteiger partial charge in [0.1, 0.15) is 0 Å². The van der Waals surface area contributed by atoms with Gasteiger partial charge >= 0.3 is 0 Å². The van der Waals surface area contributed by atoms with Crippen LogP contribution in [0.25, 0.3) is 0 Å². The summed E-state index contributed by atoms with van der Waals surface area (Å²) in [5.41, 5.74) is 0. The summed E-state index contributed by atoms with van der Waals surface area (Å²) in [5.74, 6) is 0. The van der Waals surface area contributed by atoms with Gasteiger partial charge in [-0.3, -0.25) is 4.79 Å². The molecule has 0 bridgehead atoms. The first kappa shape index (κ1) is 6.59. The van der Waals surface area contributed by atoms with E-state index >= 15 is 0 Å². The third-order valence-electron chi connectivity index (χ3n) is 0.673.